The number of carboxylic acid groups (broad SMARTS) is 2. The number of aliphatic hydroxyl groups is 1. The number of nitrogens with two attached hydrogens (primary N) is 1. The van der Waals surface area contributed by atoms with Gasteiger partial charge in [-0.25, -0.2) is 4.79 Å². The summed E-state index contributed by atoms with van der Waals surface area (Å²) in [5, 5.41) is 50.4. The number of rotatable bonds is 30. The lowest BCUT2D eigenvalue weighted by molar-refractivity contribution is -0.144. The molecule has 0 bridgehead atoms. The van der Waals surface area contributed by atoms with Crippen LogP contribution in [0.3, 0.4) is 0 Å². The maximum atomic E-state index is 13.4. The van der Waals surface area contributed by atoms with E-state index in [9.17, 15) is 63.0 Å². The predicted molar refractivity (Wildman–Crippen MR) is 238 cm³/mol. The normalized spacial score (nSPS) is 16.2. The van der Waals surface area contributed by atoms with Crippen molar-refractivity contribution in [2.24, 2.45) is 29.4 Å². The van der Waals surface area contributed by atoms with E-state index in [1.165, 1.54) is 20.8 Å². The standard InChI is InChI=1S/C42H74N10O14/c1-12-21(7)32(49-28(54)17-44-35(58)23(9)46-38(61)27(16-19(3)4)48-37(60)26(43)14-15-30(56)57)39(62)45-18-29(55)50-33(22(8)13-2)40(63)47-24(10)36(59)52-34(25(11)53)41(64)51-31(20(5)6)42(65)66/h19-27,31-34,53H,12-18,43H2,1-11H3,(H,44,58)(H,45,62)(H,46,61)(H,47,63)(H,48,60)(H,49,54)(H,50,55)(H,51,64)(H,52,59)(H,56,57)(H,65,66)/t21-,22-,23-,24-,25+,26-,27-,31-,32-,33-,34-/m0/s1. The van der Waals surface area contributed by atoms with Gasteiger partial charge in [-0.05, 0) is 57.3 Å². The lowest BCUT2D eigenvalue weighted by Crippen LogP contribution is -2.60. The van der Waals surface area contributed by atoms with Gasteiger partial charge >= 0.3 is 11.9 Å². The molecule has 66 heavy (non-hydrogen) atoms. The van der Waals surface area contributed by atoms with Crippen LogP contribution in [0.5, 0.6) is 0 Å². The lowest BCUT2D eigenvalue weighted by atomic mass is 9.97. The maximum Gasteiger partial charge on any atom is 0.326 e. The summed E-state index contributed by atoms with van der Waals surface area (Å²) in [6.07, 6.45) is -0.989. The minimum Gasteiger partial charge on any atom is -0.481 e. The number of amides is 9. The number of hydrogen-bond acceptors (Lipinski definition) is 13. The Kier molecular flexibility index (Phi) is 26.9. The van der Waals surface area contributed by atoms with Crippen molar-refractivity contribution >= 4 is 65.1 Å². The minimum atomic E-state index is -1.57. The molecule has 0 rings (SSSR count). The van der Waals surface area contributed by atoms with Crippen molar-refractivity contribution in [2.75, 3.05) is 13.1 Å². The largest absolute Gasteiger partial charge is 0.481 e. The van der Waals surface area contributed by atoms with Crippen LogP contribution in [0, 0.1) is 23.7 Å². The third-order valence-corrected chi connectivity index (χ3v) is 10.6. The highest BCUT2D eigenvalue weighted by Gasteiger charge is 2.35. The van der Waals surface area contributed by atoms with E-state index in [4.69, 9.17) is 10.8 Å². The highest BCUT2D eigenvalue weighted by atomic mass is 16.4. The van der Waals surface area contributed by atoms with Gasteiger partial charge in [0, 0.05) is 6.42 Å². The molecule has 24 nitrogen and oxygen atoms in total. The van der Waals surface area contributed by atoms with Crippen LogP contribution in [-0.4, -0.2) is 148 Å². The minimum absolute atomic E-state index is 0.0756. The lowest BCUT2D eigenvalue weighted by Gasteiger charge is -2.28. The summed E-state index contributed by atoms with van der Waals surface area (Å²) in [5.41, 5.74) is 5.78. The molecule has 0 unspecified atom stereocenters. The molecular formula is C42H74N10O14. The van der Waals surface area contributed by atoms with Crippen LogP contribution >= 0.6 is 0 Å². The Morgan fingerprint density at radius 2 is 0.939 bits per heavy atom. The first-order valence-electron chi connectivity index (χ1n) is 22.1. The molecule has 0 aliphatic rings. The molecule has 9 amide bonds. The second kappa shape index (κ2) is 29.6. The van der Waals surface area contributed by atoms with Gasteiger partial charge in [0.15, 0.2) is 0 Å². The summed E-state index contributed by atoms with van der Waals surface area (Å²) >= 11 is 0. The Morgan fingerprint density at radius 1 is 0.500 bits per heavy atom. The zero-order valence-electron chi connectivity index (χ0n) is 39.9. The molecule has 14 N–H and O–H groups in total. The Balaban J connectivity index is 5.53. The molecule has 11 atom stereocenters. The van der Waals surface area contributed by atoms with E-state index < -0.39 is 150 Å². The van der Waals surface area contributed by atoms with Crippen LogP contribution < -0.4 is 53.6 Å². The van der Waals surface area contributed by atoms with Gasteiger partial charge < -0.3 is 68.9 Å². The number of carboxylic acids is 2. The molecule has 0 saturated heterocycles. The molecule has 0 aliphatic carbocycles. The first-order chi connectivity index (χ1) is 30.6. The van der Waals surface area contributed by atoms with Gasteiger partial charge in [-0.3, -0.25) is 47.9 Å². The average molecular weight is 943 g/mol. The highest BCUT2D eigenvalue weighted by molar-refractivity contribution is 5.97. The molecule has 0 spiro atoms. The Labute approximate surface area is 385 Å². The van der Waals surface area contributed by atoms with Gasteiger partial charge in [-0.15, -0.1) is 0 Å². The number of carbonyl (C=O) groups excluding carboxylic acids is 9. The fourth-order valence-corrected chi connectivity index (χ4v) is 6.03. The van der Waals surface area contributed by atoms with Crippen LogP contribution in [0.2, 0.25) is 0 Å². The molecule has 0 heterocycles. The van der Waals surface area contributed by atoms with E-state index in [2.05, 4.69) is 47.9 Å². The molecule has 0 aromatic heterocycles. The van der Waals surface area contributed by atoms with Crippen LogP contribution in [0.25, 0.3) is 0 Å². The van der Waals surface area contributed by atoms with Gasteiger partial charge in [0.05, 0.1) is 25.2 Å². The van der Waals surface area contributed by atoms with E-state index in [0.717, 1.165) is 0 Å². The average Bonchev–Trinajstić information content (AvgIpc) is 3.23. The van der Waals surface area contributed by atoms with Crippen LogP contribution in [-0.2, 0) is 52.7 Å². The molecule has 0 fully saturated rings. The van der Waals surface area contributed by atoms with Crippen molar-refractivity contribution in [1.29, 1.82) is 0 Å². The molecule has 0 aromatic carbocycles. The molecule has 0 saturated carbocycles. The molecule has 24 heteroatoms. The molecule has 0 aromatic rings. The first-order valence-corrected chi connectivity index (χ1v) is 22.1. The maximum absolute atomic E-state index is 13.4. The molecule has 0 aliphatic heterocycles. The number of nitrogens with one attached hydrogen (secondary N) is 9. The second-order valence-corrected chi connectivity index (χ2v) is 17.3. The van der Waals surface area contributed by atoms with Gasteiger partial charge in [0.25, 0.3) is 0 Å². The van der Waals surface area contributed by atoms with E-state index in [0.29, 0.717) is 12.8 Å². The van der Waals surface area contributed by atoms with Crippen molar-refractivity contribution in [2.45, 2.75) is 163 Å². The Morgan fingerprint density at radius 3 is 1.38 bits per heavy atom. The van der Waals surface area contributed by atoms with Crippen molar-refractivity contribution < 1.29 is 68.1 Å². The SMILES string of the molecule is CC[C@H](C)[C@H](NC(=O)CNC(=O)[C@H](C)NC(=O)[C@H](CC(C)C)NC(=O)[C@@H](N)CCC(=O)O)C(=O)NCC(=O)N[C@H](C(=O)N[C@@H](C)C(=O)N[C@H](C(=O)N[C@H](C(=O)O)C(C)C)[C@@H](C)O)[C@@H](C)CC. The number of hydrogen-bond donors (Lipinski definition) is 13. The van der Waals surface area contributed by atoms with Gasteiger partial charge in [-0.2, -0.15) is 0 Å². The van der Waals surface area contributed by atoms with Crippen LogP contribution in [0.4, 0.5) is 0 Å². The topological polar surface area (TPSA) is 383 Å². The third-order valence-electron chi connectivity index (χ3n) is 10.6. The van der Waals surface area contributed by atoms with Gasteiger partial charge in [0.1, 0.15) is 42.3 Å². The fourth-order valence-electron chi connectivity index (χ4n) is 6.03. The van der Waals surface area contributed by atoms with Crippen LogP contribution in [0.1, 0.15) is 108 Å². The van der Waals surface area contributed by atoms with Crippen molar-refractivity contribution in [3.8, 4) is 0 Å². The number of aliphatic hydroxyl groups excluding tert-OH is 1. The summed E-state index contributed by atoms with van der Waals surface area (Å²) in [6.45, 7) is 16.2. The van der Waals surface area contributed by atoms with E-state index in [-0.39, 0.29) is 25.2 Å². The smallest absolute Gasteiger partial charge is 0.326 e. The summed E-state index contributed by atoms with van der Waals surface area (Å²) in [4.78, 5) is 140. The first kappa shape index (κ1) is 60.1. The summed E-state index contributed by atoms with van der Waals surface area (Å²) in [6, 6.07) is -10.0. The quantitative estimate of drug-likeness (QED) is 0.0344. The third kappa shape index (κ3) is 21.8. The van der Waals surface area contributed by atoms with Gasteiger partial charge in [-0.1, -0.05) is 68.2 Å². The highest BCUT2D eigenvalue weighted by Crippen LogP contribution is 2.11. The summed E-state index contributed by atoms with van der Waals surface area (Å²) in [7, 11) is 0. The van der Waals surface area contributed by atoms with E-state index in [1.807, 2.05) is 0 Å². The van der Waals surface area contributed by atoms with Crippen molar-refractivity contribution in [1.82, 2.24) is 47.9 Å². The molecule has 0 radical (unpaired) electrons. The molecule has 376 valence electrons. The van der Waals surface area contributed by atoms with E-state index >= 15 is 0 Å². The zero-order chi connectivity index (χ0) is 51.2. The Hall–Kier alpha value is -5.91. The molecular weight excluding hydrogens is 869 g/mol. The van der Waals surface area contributed by atoms with Crippen LogP contribution in [0.15, 0.2) is 0 Å². The van der Waals surface area contributed by atoms with Crippen molar-refractivity contribution in [3.05, 3.63) is 0 Å². The monoisotopic (exact) mass is 943 g/mol. The predicted octanol–water partition coefficient (Wildman–Crippen LogP) is -2.90. The summed E-state index contributed by atoms with van der Waals surface area (Å²) in [5.74, 6) is -11.2. The zero-order valence-corrected chi connectivity index (χ0v) is 39.9. The fraction of sp³-hybridized carbons (Fsp3) is 0.738. The number of carbonyl (C=O) groups is 11. The Bertz CT molecular complexity index is 1710. The van der Waals surface area contributed by atoms with E-state index in [1.54, 1.807) is 55.4 Å². The second-order valence-electron chi connectivity index (χ2n) is 17.3. The number of aliphatic carboxylic acids is 2. The summed E-state index contributed by atoms with van der Waals surface area (Å²) < 4.78 is 0. The van der Waals surface area contributed by atoms with Crippen molar-refractivity contribution in [3.63, 3.8) is 0 Å². The van der Waals surface area contributed by atoms with Gasteiger partial charge in [0.2, 0.25) is 53.2 Å².